The van der Waals surface area contributed by atoms with E-state index in [1.165, 1.54) is 34.4 Å². The maximum absolute atomic E-state index is 12.7. The van der Waals surface area contributed by atoms with Gasteiger partial charge in [-0.3, -0.25) is 19.8 Å². The summed E-state index contributed by atoms with van der Waals surface area (Å²) in [5.74, 6) is -0.183. The van der Waals surface area contributed by atoms with Crippen molar-refractivity contribution in [2.45, 2.75) is 13.3 Å². The number of nitro groups is 1. The smallest absolute Gasteiger partial charge is 0.268 e. The van der Waals surface area contributed by atoms with Crippen LogP contribution in [0.3, 0.4) is 0 Å². The van der Waals surface area contributed by atoms with Gasteiger partial charge in [0, 0.05) is 12.1 Å². The molecule has 0 spiro atoms. The van der Waals surface area contributed by atoms with Crippen molar-refractivity contribution in [1.29, 1.82) is 0 Å². The van der Waals surface area contributed by atoms with Gasteiger partial charge >= 0.3 is 0 Å². The summed E-state index contributed by atoms with van der Waals surface area (Å²) < 4.78 is 0.474. The van der Waals surface area contributed by atoms with Crippen LogP contribution in [0.1, 0.15) is 18.1 Å². The monoisotopic (exact) mass is 370 g/mol. The minimum absolute atomic E-state index is 0.0145. The van der Waals surface area contributed by atoms with Crippen LogP contribution in [0.15, 0.2) is 53.4 Å². The first-order chi connectivity index (χ1) is 12.0. The van der Waals surface area contributed by atoms with Crippen molar-refractivity contribution in [2.24, 2.45) is 0 Å². The lowest BCUT2D eigenvalue weighted by atomic mass is 10.1. The second-order valence-electron chi connectivity index (χ2n) is 5.39. The minimum atomic E-state index is -0.455. The summed E-state index contributed by atoms with van der Waals surface area (Å²) in [4.78, 5) is 25.0. The molecule has 1 amide bonds. The van der Waals surface area contributed by atoms with Gasteiger partial charge in [-0.25, -0.2) is 0 Å². The van der Waals surface area contributed by atoms with Crippen LogP contribution in [0.5, 0.6) is 0 Å². The highest BCUT2D eigenvalue weighted by atomic mass is 32.2. The van der Waals surface area contributed by atoms with Gasteiger partial charge in [0.05, 0.1) is 15.5 Å². The first-order valence-electron chi connectivity index (χ1n) is 7.61. The van der Waals surface area contributed by atoms with Crippen molar-refractivity contribution in [1.82, 2.24) is 0 Å². The molecule has 7 heteroatoms. The van der Waals surface area contributed by atoms with Crippen LogP contribution in [-0.2, 0) is 11.2 Å². The van der Waals surface area contributed by atoms with Gasteiger partial charge in [-0.15, -0.1) is 0 Å². The summed E-state index contributed by atoms with van der Waals surface area (Å²) in [6, 6.07) is 13.8. The van der Waals surface area contributed by atoms with Crippen LogP contribution >= 0.6 is 24.0 Å². The first kappa shape index (κ1) is 17.3. The van der Waals surface area contributed by atoms with Gasteiger partial charge in [-0.1, -0.05) is 43.0 Å². The number of thiocarbonyl (C=S) groups is 1. The Kier molecular flexibility index (Phi) is 4.96. The second-order valence-corrected chi connectivity index (χ2v) is 7.06. The number of benzene rings is 2. The van der Waals surface area contributed by atoms with Gasteiger partial charge in [-0.2, -0.15) is 0 Å². The van der Waals surface area contributed by atoms with Gasteiger partial charge in [-0.05, 0) is 47.9 Å². The van der Waals surface area contributed by atoms with Gasteiger partial charge < -0.3 is 0 Å². The summed E-state index contributed by atoms with van der Waals surface area (Å²) >= 11 is 6.57. The number of carbonyl (C=O) groups is 1. The molecule has 3 rings (SSSR count). The van der Waals surface area contributed by atoms with E-state index >= 15 is 0 Å². The van der Waals surface area contributed by atoms with E-state index in [1.807, 2.05) is 24.3 Å². The van der Waals surface area contributed by atoms with E-state index in [2.05, 4.69) is 6.92 Å². The molecule has 0 N–H and O–H groups in total. The number of anilines is 1. The number of thioether (sulfide) groups is 1. The summed E-state index contributed by atoms with van der Waals surface area (Å²) in [5.41, 5.74) is 2.66. The van der Waals surface area contributed by atoms with Crippen molar-refractivity contribution in [3.8, 4) is 0 Å². The molecule has 0 saturated carbocycles. The molecule has 0 aliphatic carbocycles. The lowest BCUT2D eigenvalue weighted by Crippen LogP contribution is -2.27. The number of nitrogens with zero attached hydrogens (tertiary/aromatic N) is 2. The highest BCUT2D eigenvalue weighted by Gasteiger charge is 2.33. The fraction of sp³-hybridized carbons (Fsp3) is 0.111. The molecule has 126 valence electrons. The number of nitro benzene ring substituents is 1. The Labute approximate surface area is 154 Å². The largest absolute Gasteiger partial charge is 0.270 e. The van der Waals surface area contributed by atoms with Crippen molar-refractivity contribution in [3.05, 3.63) is 74.7 Å². The normalized spacial score (nSPS) is 15.9. The number of amides is 1. The van der Waals surface area contributed by atoms with Crippen LogP contribution in [0, 0.1) is 10.1 Å². The molecule has 2 aromatic rings. The zero-order valence-corrected chi connectivity index (χ0v) is 15.0. The van der Waals surface area contributed by atoms with Crippen molar-refractivity contribution >= 4 is 51.7 Å². The van der Waals surface area contributed by atoms with Crippen LogP contribution in [-0.4, -0.2) is 15.2 Å². The molecule has 1 aliphatic heterocycles. The van der Waals surface area contributed by atoms with Gasteiger partial charge in [0.2, 0.25) is 0 Å². The van der Waals surface area contributed by atoms with Crippen LogP contribution in [0.25, 0.3) is 6.08 Å². The summed E-state index contributed by atoms with van der Waals surface area (Å²) in [7, 11) is 0. The quantitative estimate of drug-likeness (QED) is 0.342. The minimum Gasteiger partial charge on any atom is -0.268 e. The molecule has 0 aromatic heterocycles. The van der Waals surface area contributed by atoms with Crippen LogP contribution < -0.4 is 4.90 Å². The van der Waals surface area contributed by atoms with E-state index < -0.39 is 4.92 Å². The number of rotatable bonds is 4. The molecule has 5 nitrogen and oxygen atoms in total. The van der Waals surface area contributed by atoms with E-state index in [-0.39, 0.29) is 11.6 Å². The molecule has 1 saturated heterocycles. The molecule has 0 atom stereocenters. The molecule has 1 heterocycles. The number of hydrogen-bond donors (Lipinski definition) is 0. The maximum Gasteiger partial charge on any atom is 0.270 e. The fourth-order valence-electron chi connectivity index (χ4n) is 2.41. The molecule has 0 bridgehead atoms. The molecule has 25 heavy (non-hydrogen) atoms. The van der Waals surface area contributed by atoms with Crippen LogP contribution in [0.4, 0.5) is 11.4 Å². The number of non-ortho nitro benzene ring substituents is 1. The predicted octanol–water partition coefficient (Wildman–Crippen LogP) is 4.56. The molecule has 2 aromatic carbocycles. The van der Waals surface area contributed by atoms with Gasteiger partial charge in [0.1, 0.15) is 0 Å². The molecule has 1 fully saturated rings. The third kappa shape index (κ3) is 3.62. The van der Waals surface area contributed by atoms with E-state index in [4.69, 9.17) is 12.2 Å². The van der Waals surface area contributed by atoms with E-state index in [0.29, 0.717) is 14.8 Å². The standard InChI is InChI=1S/C18H14N2O3S2/c1-2-12-3-7-14(8-4-12)19-17(21)16(25-18(19)24)11-13-5-9-15(10-6-13)20(22)23/h3-11H,2H2,1H3/b16-11-. The average molecular weight is 370 g/mol. The zero-order chi connectivity index (χ0) is 18.0. The first-order valence-corrected chi connectivity index (χ1v) is 8.83. The Morgan fingerprint density at radius 3 is 2.36 bits per heavy atom. The van der Waals surface area contributed by atoms with E-state index in [1.54, 1.807) is 18.2 Å². The third-order valence-corrected chi connectivity index (χ3v) is 5.10. The summed E-state index contributed by atoms with van der Waals surface area (Å²) in [6.45, 7) is 2.07. The highest BCUT2D eigenvalue weighted by Crippen LogP contribution is 2.36. The van der Waals surface area contributed by atoms with Crippen LogP contribution in [0.2, 0.25) is 0 Å². The summed E-state index contributed by atoms with van der Waals surface area (Å²) in [5, 5.41) is 10.7. The molecular weight excluding hydrogens is 356 g/mol. The predicted molar refractivity (Wildman–Crippen MR) is 105 cm³/mol. The zero-order valence-electron chi connectivity index (χ0n) is 13.3. The highest BCUT2D eigenvalue weighted by molar-refractivity contribution is 8.27. The topological polar surface area (TPSA) is 63.5 Å². The van der Waals surface area contributed by atoms with Crippen molar-refractivity contribution in [3.63, 3.8) is 0 Å². The number of carbonyl (C=O) groups excluding carboxylic acids is 1. The second kappa shape index (κ2) is 7.16. The molecule has 0 unspecified atom stereocenters. The van der Waals surface area contributed by atoms with E-state index in [9.17, 15) is 14.9 Å². The Balaban J connectivity index is 1.85. The Morgan fingerprint density at radius 1 is 1.16 bits per heavy atom. The Bertz CT molecular complexity index is 874. The molecule has 0 radical (unpaired) electrons. The summed E-state index contributed by atoms with van der Waals surface area (Å²) in [6.07, 6.45) is 2.63. The van der Waals surface area contributed by atoms with E-state index in [0.717, 1.165) is 12.1 Å². The molecule has 1 aliphatic rings. The maximum atomic E-state index is 12.7. The average Bonchev–Trinajstić information content (AvgIpc) is 2.89. The molecular formula is C18H14N2O3S2. The Morgan fingerprint density at radius 2 is 1.80 bits per heavy atom. The fourth-order valence-corrected chi connectivity index (χ4v) is 3.71. The third-order valence-electron chi connectivity index (χ3n) is 3.80. The number of aryl methyl sites for hydroxylation is 1. The lowest BCUT2D eigenvalue weighted by Gasteiger charge is -2.14. The van der Waals surface area contributed by atoms with Gasteiger partial charge in [0.25, 0.3) is 11.6 Å². The Hall–Kier alpha value is -2.51. The SMILES string of the molecule is CCc1ccc(N2C(=O)/C(=C/c3ccc([N+](=O)[O-])cc3)SC2=S)cc1. The number of hydrogen-bond acceptors (Lipinski definition) is 5. The van der Waals surface area contributed by atoms with Crippen molar-refractivity contribution < 1.29 is 9.72 Å². The van der Waals surface area contributed by atoms with Gasteiger partial charge in [0.15, 0.2) is 4.32 Å². The van der Waals surface area contributed by atoms with Crippen molar-refractivity contribution in [2.75, 3.05) is 4.90 Å². The lowest BCUT2D eigenvalue weighted by molar-refractivity contribution is -0.384.